The second-order valence-electron chi connectivity index (χ2n) is 4.74. The molecule has 0 aliphatic rings. The standard InChI is InChI=1S/C14H13N5O/c1-9(2)12-11(7-15-8-18-12)19-13-10(4-3-5-16-13)6-17-14(19)20/h3-9H,1-2H3. The Balaban J connectivity index is 2.41. The van der Waals surface area contributed by atoms with Crippen LogP contribution in [0.15, 0.2) is 41.8 Å². The minimum absolute atomic E-state index is 0.166. The lowest BCUT2D eigenvalue weighted by Gasteiger charge is -2.13. The van der Waals surface area contributed by atoms with Crippen LogP contribution in [0.3, 0.4) is 0 Å². The third kappa shape index (κ3) is 1.95. The molecule has 3 aromatic heterocycles. The Morgan fingerprint density at radius 3 is 2.80 bits per heavy atom. The van der Waals surface area contributed by atoms with Crippen LogP contribution in [0.25, 0.3) is 16.7 Å². The van der Waals surface area contributed by atoms with Crippen molar-refractivity contribution in [1.29, 1.82) is 0 Å². The van der Waals surface area contributed by atoms with Gasteiger partial charge in [-0.15, -0.1) is 0 Å². The molecule has 0 bridgehead atoms. The fraction of sp³-hybridized carbons (Fsp3) is 0.214. The Hall–Kier alpha value is -2.63. The van der Waals surface area contributed by atoms with E-state index in [-0.39, 0.29) is 11.6 Å². The van der Waals surface area contributed by atoms with E-state index in [4.69, 9.17) is 0 Å². The Labute approximate surface area is 115 Å². The molecule has 20 heavy (non-hydrogen) atoms. The van der Waals surface area contributed by atoms with Crippen LogP contribution in [-0.2, 0) is 0 Å². The highest BCUT2D eigenvalue weighted by Crippen LogP contribution is 2.20. The first-order valence-corrected chi connectivity index (χ1v) is 6.31. The van der Waals surface area contributed by atoms with Crippen molar-refractivity contribution in [1.82, 2.24) is 24.5 Å². The van der Waals surface area contributed by atoms with Crippen molar-refractivity contribution in [2.45, 2.75) is 19.8 Å². The van der Waals surface area contributed by atoms with Gasteiger partial charge in [0.1, 0.15) is 12.0 Å². The second kappa shape index (κ2) is 4.80. The van der Waals surface area contributed by atoms with Crippen molar-refractivity contribution >= 4 is 11.0 Å². The Morgan fingerprint density at radius 1 is 1.15 bits per heavy atom. The minimum atomic E-state index is -0.382. The van der Waals surface area contributed by atoms with Crippen LogP contribution in [0.1, 0.15) is 25.5 Å². The molecule has 0 unspecified atom stereocenters. The van der Waals surface area contributed by atoms with Gasteiger partial charge in [0, 0.05) is 17.8 Å². The molecule has 6 nitrogen and oxygen atoms in total. The van der Waals surface area contributed by atoms with E-state index in [9.17, 15) is 4.79 Å². The van der Waals surface area contributed by atoms with Crippen LogP contribution in [-0.4, -0.2) is 24.5 Å². The molecule has 0 amide bonds. The van der Waals surface area contributed by atoms with Gasteiger partial charge >= 0.3 is 5.69 Å². The van der Waals surface area contributed by atoms with Gasteiger partial charge in [0.25, 0.3) is 0 Å². The molecule has 3 heterocycles. The second-order valence-corrected chi connectivity index (χ2v) is 4.74. The van der Waals surface area contributed by atoms with Gasteiger partial charge < -0.3 is 0 Å². The molecule has 0 spiro atoms. The molecule has 0 atom stereocenters. The normalized spacial score (nSPS) is 11.2. The van der Waals surface area contributed by atoms with Crippen molar-refractivity contribution in [3.63, 3.8) is 0 Å². The van der Waals surface area contributed by atoms with Crippen LogP contribution < -0.4 is 5.69 Å². The van der Waals surface area contributed by atoms with E-state index in [1.807, 2.05) is 26.0 Å². The van der Waals surface area contributed by atoms with Gasteiger partial charge in [0.15, 0.2) is 0 Å². The van der Waals surface area contributed by atoms with Crippen LogP contribution in [0.4, 0.5) is 0 Å². The van der Waals surface area contributed by atoms with Crippen molar-refractivity contribution < 1.29 is 0 Å². The smallest absolute Gasteiger partial charge is 0.245 e. The van der Waals surface area contributed by atoms with E-state index in [1.165, 1.54) is 17.1 Å². The van der Waals surface area contributed by atoms with Crippen molar-refractivity contribution in [2.24, 2.45) is 0 Å². The highest BCUT2D eigenvalue weighted by molar-refractivity contribution is 5.75. The van der Waals surface area contributed by atoms with Gasteiger partial charge in [-0.05, 0) is 18.1 Å². The largest absolute Gasteiger partial charge is 0.353 e. The molecular weight excluding hydrogens is 254 g/mol. The van der Waals surface area contributed by atoms with E-state index in [1.54, 1.807) is 12.4 Å². The monoisotopic (exact) mass is 267 g/mol. The molecule has 0 aromatic carbocycles. The summed E-state index contributed by atoms with van der Waals surface area (Å²) in [5.74, 6) is 0.166. The minimum Gasteiger partial charge on any atom is -0.245 e. The van der Waals surface area contributed by atoms with E-state index in [0.717, 1.165) is 11.1 Å². The van der Waals surface area contributed by atoms with Crippen molar-refractivity contribution in [2.75, 3.05) is 0 Å². The summed E-state index contributed by atoms with van der Waals surface area (Å²) in [5.41, 5.74) is 1.60. The van der Waals surface area contributed by atoms with Crippen LogP contribution in [0.5, 0.6) is 0 Å². The van der Waals surface area contributed by atoms with Crippen LogP contribution in [0, 0.1) is 0 Å². The zero-order valence-electron chi connectivity index (χ0n) is 11.2. The molecule has 100 valence electrons. The van der Waals surface area contributed by atoms with Crippen LogP contribution in [0.2, 0.25) is 0 Å². The molecule has 0 saturated heterocycles. The molecule has 0 saturated carbocycles. The number of aromatic nitrogens is 5. The average molecular weight is 267 g/mol. The number of hydrogen-bond donors (Lipinski definition) is 0. The molecular formula is C14H13N5O. The zero-order valence-corrected chi connectivity index (χ0v) is 11.2. The number of nitrogens with zero attached hydrogens (tertiary/aromatic N) is 5. The lowest BCUT2D eigenvalue weighted by molar-refractivity contribution is 0.784. The first-order chi connectivity index (χ1) is 9.68. The lowest BCUT2D eigenvalue weighted by Crippen LogP contribution is -2.23. The predicted molar refractivity (Wildman–Crippen MR) is 74.8 cm³/mol. The van der Waals surface area contributed by atoms with Gasteiger partial charge in [0.2, 0.25) is 0 Å². The maximum atomic E-state index is 12.2. The number of fused-ring (bicyclic) bond motifs is 1. The summed E-state index contributed by atoms with van der Waals surface area (Å²) in [6, 6.07) is 3.67. The third-order valence-electron chi connectivity index (χ3n) is 3.04. The first-order valence-electron chi connectivity index (χ1n) is 6.31. The molecule has 0 aliphatic heterocycles. The number of pyridine rings is 1. The summed E-state index contributed by atoms with van der Waals surface area (Å²) in [4.78, 5) is 28.6. The summed E-state index contributed by atoms with van der Waals surface area (Å²) in [6.07, 6.45) is 6.28. The van der Waals surface area contributed by atoms with Crippen LogP contribution >= 0.6 is 0 Å². The summed E-state index contributed by atoms with van der Waals surface area (Å²) >= 11 is 0. The Kier molecular flexibility index (Phi) is 2.98. The fourth-order valence-corrected chi connectivity index (χ4v) is 2.14. The molecule has 3 rings (SSSR count). The maximum Gasteiger partial charge on any atom is 0.353 e. The Morgan fingerprint density at radius 2 is 2.00 bits per heavy atom. The zero-order chi connectivity index (χ0) is 14.1. The molecule has 3 aromatic rings. The van der Waals surface area contributed by atoms with Gasteiger partial charge in [0.05, 0.1) is 17.6 Å². The highest BCUT2D eigenvalue weighted by Gasteiger charge is 2.14. The molecule has 0 aliphatic carbocycles. The molecule has 0 N–H and O–H groups in total. The summed E-state index contributed by atoms with van der Waals surface area (Å²) in [7, 11) is 0. The van der Waals surface area contributed by atoms with E-state index in [2.05, 4.69) is 19.9 Å². The van der Waals surface area contributed by atoms with Crippen molar-refractivity contribution in [3.8, 4) is 5.69 Å². The lowest BCUT2D eigenvalue weighted by atomic mass is 10.1. The Bertz CT molecular complexity index is 825. The molecule has 0 radical (unpaired) electrons. The summed E-state index contributed by atoms with van der Waals surface area (Å²) in [6.45, 7) is 4.03. The van der Waals surface area contributed by atoms with Gasteiger partial charge in [-0.1, -0.05) is 13.8 Å². The summed E-state index contributed by atoms with van der Waals surface area (Å²) < 4.78 is 1.46. The van der Waals surface area contributed by atoms with Crippen molar-refractivity contribution in [3.05, 3.63) is 53.2 Å². The van der Waals surface area contributed by atoms with E-state index < -0.39 is 0 Å². The predicted octanol–water partition coefficient (Wildman–Crippen LogP) is 1.69. The maximum absolute atomic E-state index is 12.2. The topological polar surface area (TPSA) is 73.6 Å². The van der Waals surface area contributed by atoms with E-state index >= 15 is 0 Å². The number of rotatable bonds is 2. The highest BCUT2D eigenvalue weighted by atomic mass is 16.1. The van der Waals surface area contributed by atoms with Gasteiger partial charge in [-0.25, -0.2) is 29.3 Å². The molecule has 0 fully saturated rings. The average Bonchev–Trinajstić information content (AvgIpc) is 2.47. The molecule has 6 heteroatoms. The number of hydrogen-bond acceptors (Lipinski definition) is 5. The third-order valence-corrected chi connectivity index (χ3v) is 3.04. The summed E-state index contributed by atoms with van der Waals surface area (Å²) in [5, 5.41) is 0.797. The SMILES string of the molecule is CC(C)c1ncncc1-n1c(=O)ncc2cccnc21. The van der Waals surface area contributed by atoms with Gasteiger partial charge in [-0.2, -0.15) is 0 Å². The van der Waals surface area contributed by atoms with E-state index in [0.29, 0.717) is 11.3 Å². The fourth-order valence-electron chi connectivity index (χ4n) is 2.14. The van der Waals surface area contributed by atoms with Gasteiger partial charge in [-0.3, -0.25) is 0 Å². The first kappa shape index (κ1) is 12.4. The quantitative estimate of drug-likeness (QED) is 0.706.